The molecule has 1 aromatic carbocycles. The minimum atomic E-state index is -0.0918. The first-order valence-corrected chi connectivity index (χ1v) is 11.8. The molecule has 1 amide bonds. The Morgan fingerprint density at radius 2 is 2.16 bits per heavy atom. The number of hydrogen-bond donors (Lipinski definition) is 1. The summed E-state index contributed by atoms with van der Waals surface area (Å²) in [6.45, 7) is 7.26. The molecule has 0 unspecified atom stereocenters. The molecular weight excluding hydrogens is 420 g/mol. The standard InChI is InChI=1S/C26H30N2O3S/c1-26(2,3)18-10-11-21-22(14-18)32-25(28-15-17-7-5-8-19(13-17)30-4)23(21)24(29)27-16-20-9-6-12-31-20/h5-9,12-13,15,18H,10-11,14,16H2,1-4H3,(H,27,29)/t18-/m1/s1. The summed E-state index contributed by atoms with van der Waals surface area (Å²) in [6, 6.07) is 11.4. The summed E-state index contributed by atoms with van der Waals surface area (Å²) < 4.78 is 10.7. The van der Waals surface area contributed by atoms with Crippen LogP contribution in [0.15, 0.2) is 52.1 Å². The van der Waals surface area contributed by atoms with Crippen molar-refractivity contribution in [1.82, 2.24) is 5.32 Å². The van der Waals surface area contributed by atoms with Gasteiger partial charge in [0.2, 0.25) is 0 Å². The number of furan rings is 1. The van der Waals surface area contributed by atoms with Gasteiger partial charge in [-0.2, -0.15) is 0 Å². The van der Waals surface area contributed by atoms with E-state index in [0.29, 0.717) is 18.0 Å². The highest BCUT2D eigenvalue weighted by molar-refractivity contribution is 7.16. The Morgan fingerprint density at radius 1 is 1.31 bits per heavy atom. The molecule has 6 heteroatoms. The molecule has 2 heterocycles. The average molecular weight is 451 g/mol. The molecule has 0 spiro atoms. The number of nitrogens with zero attached hydrogens (tertiary/aromatic N) is 1. The molecule has 1 atom stereocenters. The summed E-state index contributed by atoms with van der Waals surface area (Å²) in [5.74, 6) is 2.02. The van der Waals surface area contributed by atoms with Gasteiger partial charge in [0.05, 0.1) is 25.5 Å². The normalized spacial score (nSPS) is 16.2. The fourth-order valence-corrected chi connectivity index (χ4v) is 5.43. The van der Waals surface area contributed by atoms with Crippen LogP contribution in [0.2, 0.25) is 0 Å². The first-order valence-electron chi connectivity index (χ1n) is 11.0. The molecule has 1 N–H and O–H groups in total. The smallest absolute Gasteiger partial charge is 0.255 e. The minimum Gasteiger partial charge on any atom is -0.497 e. The number of benzene rings is 1. The molecule has 3 aromatic rings. The van der Waals surface area contributed by atoms with E-state index in [2.05, 4.69) is 26.1 Å². The molecule has 0 aliphatic heterocycles. The van der Waals surface area contributed by atoms with Crippen LogP contribution < -0.4 is 10.1 Å². The SMILES string of the molecule is COc1cccc(C=Nc2sc3c(c2C(=O)NCc2ccco2)CC[C@@H](C(C)(C)C)C3)c1. The number of rotatable bonds is 6. The second kappa shape index (κ2) is 9.33. The van der Waals surface area contributed by atoms with E-state index in [9.17, 15) is 4.79 Å². The van der Waals surface area contributed by atoms with Crippen LogP contribution in [0, 0.1) is 11.3 Å². The number of aliphatic imine (C=N–C) groups is 1. The van der Waals surface area contributed by atoms with Crippen molar-refractivity contribution in [3.05, 3.63) is 70.0 Å². The molecule has 0 bridgehead atoms. The molecule has 0 radical (unpaired) electrons. The lowest BCUT2D eigenvalue weighted by atomic mass is 9.72. The summed E-state index contributed by atoms with van der Waals surface area (Å²) in [5, 5.41) is 3.78. The van der Waals surface area contributed by atoms with Gasteiger partial charge in [-0.05, 0) is 66.0 Å². The van der Waals surface area contributed by atoms with Gasteiger partial charge in [0.1, 0.15) is 16.5 Å². The number of ether oxygens (including phenoxy) is 1. The first kappa shape index (κ1) is 22.3. The molecule has 32 heavy (non-hydrogen) atoms. The zero-order valence-corrected chi connectivity index (χ0v) is 19.9. The van der Waals surface area contributed by atoms with Crippen LogP contribution in [0.1, 0.15) is 59.3 Å². The number of methoxy groups -OCH3 is 1. The number of nitrogens with one attached hydrogen (secondary N) is 1. The van der Waals surface area contributed by atoms with E-state index in [1.807, 2.05) is 42.6 Å². The van der Waals surface area contributed by atoms with Crippen LogP contribution >= 0.6 is 11.3 Å². The number of carbonyl (C=O) groups excluding carboxylic acids is 1. The van der Waals surface area contributed by atoms with Crippen molar-refractivity contribution >= 4 is 28.5 Å². The van der Waals surface area contributed by atoms with Crippen molar-refractivity contribution in [2.75, 3.05) is 7.11 Å². The number of hydrogen-bond acceptors (Lipinski definition) is 5. The molecule has 0 saturated carbocycles. The van der Waals surface area contributed by atoms with E-state index in [1.165, 1.54) is 4.88 Å². The van der Waals surface area contributed by atoms with Crippen LogP contribution in [0.3, 0.4) is 0 Å². The van der Waals surface area contributed by atoms with Crippen LogP contribution in [0.25, 0.3) is 0 Å². The summed E-state index contributed by atoms with van der Waals surface area (Å²) in [5.41, 5.74) is 3.05. The van der Waals surface area contributed by atoms with Gasteiger partial charge in [0, 0.05) is 11.1 Å². The highest BCUT2D eigenvalue weighted by Crippen LogP contribution is 2.45. The summed E-state index contributed by atoms with van der Waals surface area (Å²) in [4.78, 5) is 19.3. The Bertz CT molecular complexity index is 1110. The van der Waals surface area contributed by atoms with Gasteiger partial charge in [0.15, 0.2) is 0 Å². The topological polar surface area (TPSA) is 63.8 Å². The largest absolute Gasteiger partial charge is 0.497 e. The third kappa shape index (κ3) is 4.96. The quantitative estimate of drug-likeness (QED) is 0.456. The van der Waals surface area contributed by atoms with E-state index in [0.717, 1.165) is 46.9 Å². The zero-order valence-electron chi connectivity index (χ0n) is 19.1. The monoisotopic (exact) mass is 450 g/mol. The Morgan fingerprint density at radius 3 is 2.88 bits per heavy atom. The summed E-state index contributed by atoms with van der Waals surface area (Å²) in [6.07, 6.45) is 6.42. The van der Waals surface area contributed by atoms with E-state index in [4.69, 9.17) is 14.1 Å². The molecule has 168 valence electrons. The lowest BCUT2D eigenvalue weighted by Gasteiger charge is -2.33. The third-order valence-corrected chi connectivity index (χ3v) is 7.29. The summed E-state index contributed by atoms with van der Waals surface area (Å²) in [7, 11) is 1.65. The van der Waals surface area contributed by atoms with Crippen molar-refractivity contribution in [3.8, 4) is 5.75 Å². The van der Waals surface area contributed by atoms with E-state index in [1.54, 1.807) is 24.7 Å². The van der Waals surface area contributed by atoms with Gasteiger partial charge in [-0.3, -0.25) is 4.79 Å². The van der Waals surface area contributed by atoms with E-state index in [-0.39, 0.29) is 11.3 Å². The van der Waals surface area contributed by atoms with Crippen LogP contribution in [0.4, 0.5) is 5.00 Å². The van der Waals surface area contributed by atoms with Gasteiger partial charge in [0.25, 0.3) is 5.91 Å². The van der Waals surface area contributed by atoms with Crippen molar-refractivity contribution in [1.29, 1.82) is 0 Å². The number of thiophene rings is 1. The number of carbonyl (C=O) groups is 1. The van der Waals surface area contributed by atoms with Gasteiger partial charge in [-0.15, -0.1) is 11.3 Å². The summed E-state index contributed by atoms with van der Waals surface area (Å²) >= 11 is 1.65. The number of amides is 1. The van der Waals surface area contributed by atoms with Crippen molar-refractivity contribution in [2.45, 2.75) is 46.6 Å². The lowest BCUT2D eigenvalue weighted by Crippen LogP contribution is -2.28. The van der Waals surface area contributed by atoms with Crippen LogP contribution in [-0.2, 0) is 19.4 Å². The highest BCUT2D eigenvalue weighted by atomic mass is 32.1. The maximum atomic E-state index is 13.2. The maximum absolute atomic E-state index is 13.2. The third-order valence-electron chi connectivity index (χ3n) is 6.13. The van der Waals surface area contributed by atoms with Gasteiger partial charge in [-0.1, -0.05) is 32.9 Å². The second-order valence-corrected chi connectivity index (χ2v) is 10.4. The van der Waals surface area contributed by atoms with Crippen molar-refractivity contribution in [2.24, 2.45) is 16.3 Å². The van der Waals surface area contributed by atoms with Crippen LogP contribution in [-0.4, -0.2) is 19.2 Å². The Labute approximate surface area is 193 Å². The first-order chi connectivity index (χ1) is 15.3. The van der Waals surface area contributed by atoms with E-state index >= 15 is 0 Å². The molecule has 4 rings (SSSR count). The van der Waals surface area contributed by atoms with Crippen LogP contribution in [0.5, 0.6) is 5.75 Å². The Hall–Kier alpha value is -2.86. The van der Waals surface area contributed by atoms with Gasteiger partial charge >= 0.3 is 0 Å². The molecule has 0 fully saturated rings. The fourth-order valence-electron chi connectivity index (χ4n) is 4.16. The van der Waals surface area contributed by atoms with Crippen molar-refractivity contribution in [3.63, 3.8) is 0 Å². The molecule has 2 aromatic heterocycles. The lowest BCUT2D eigenvalue weighted by molar-refractivity contribution is 0.0947. The predicted octanol–water partition coefficient (Wildman–Crippen LogP) is 6.18. The average Bonchev–Trinajstić information content (AvgIpc) is 3.42. The highest BCUT2D eigenvalue weighted by Gasteiger charge is 2.33. The second-order valence-electron chi connectivity index (χ2n) is 9.29. The molecule has 1 aliphatic carbocycles. The fraction of sp³-hybridized carbons (Fsp3) is 0.385. The van der Waals surface area contributed by atoms with Gasteiger partial charge < -0.3 is 14.5 Å². The molecule has 0 saturated heterocycles. The van der Waals surface area contributed by atoms with Crippen molar-refractivity contribution < 1.29 is 13.9 Å². The Kier molecular flexibility index (Phi) is 6.51. The molecular formula is C26H30N2O3S. The molecule has 1 aliphatic rings. The Balaban J connectivity index is 1.65. The van der Waals surface area contributed by atoms with Gasteiger partial charge in [-0.25, -0.2) is 4.99 Å². The van der Waals surface area contributed by atoms with E-state index < -0.39 is 0 Å². The minimum absolute atomic E-state index is 0.0918. The predicted molar refractivity (Wildman–Crippen MR) is 129 cm³/mol. The maximum Gasteiger partial charge on any atom is 0.255 e. The molecule has 5 nitrogen and oxygen atoms in total. The zero-order chi connectivity index (χ0) is 22.7. The number of fused-ring (bicyclic) bond motifs is 1.